The lowest BCUT2D eigenvalue weighted by Gasteiger charge is -2.17. The van der Waals surface area contributed by atoms with Gasteiger partial charge in [-0.3, -0.25) is 0 Å². The molecule has 1 aliphatic rings. The van der Waals surface area contributed by atoms with E-state index in [-0.39, 0.29) is 17.1 Å². The molecule has 0 atom stereocenters. The van der Waals surface area contributed by atoms with Crippen LogP contribution in [-0.2, 0) is 9.84 Å². The molecule has 8 heteroatoms. The van der Waals surface area contributed by atoms with E-state index in [4.69, 9.17) is 10.3 Å². The lowest BCUT2D eigenvalue weighted by molar-refractivity contribution is -0.865. The monoisotopic (exact) mass is 442 g/mol. The third-order valence-corrected chi connectivity index (χ3v) is 7.24. The molecule has 0 spiro atoms. The molecule has 0 saturated heterocycles. The Kier molecular flexibility index (Phi) is 5.39. The zero-order valence-electron chi connectivity index (χ0n) is 18.0. The highest BCUT2D eigenvalue weighted by atomic mass is 32.2. The van der Waals surface area contributed by atoms with E-state index in [1.807, 2.05) is 30.0 Å². The zero-order valence-corrected chi connectivity index (χ0v) is 18.8. The predicted molar refractivity (Wildman–Crippen MR) is 118 cm³/mol. The van der Waals surface area contributed by atoms with Gasteiger partial charge in [0.25, 0.3) is 0 Å². The quantitative estimate of drug-likeness (QED) is 0.542. The maximum absolute atomic E-state index is 12.8. The number of aromatic nitrogens is 2. The molecule has 1 aliphatic carbocycles. The van der Waals surface area contributed by atoms with Crippen LogP contribution in [-0.4, -0.2) is 29.9 Å². The largest absolute Gasteiger partial charge is 0.390 e. The number of nitrogens with zero attached hydrogens (tertiary/aromatic N) is 2. The second kappa shape index (κ2) is 7.76. The summed E-state index contributed by atoms with van der Waals surface area (Å²) in [5.41, 5.74) is 8.19. The third kappa shape index (κ3) is 4.80. The lowest BCUT2D eigenvalue weighted by atomic mass is 10.00. The second-order valence-corrected chi connectivity index (χ2v) is 11.0. The van der Waals surface area contributed by atoms with E-state index in [0.29, 0.717) is 23.2 Å². The Morgan fingerprint density at radius 1 is 1.23 bits per heavy atom. The van der Waals surface area contributed by atoms with Crippen LogP contribution in [0.2, 0.25) is 0 Å². The zero-order chi connectivity index (χ0) is 22.4. The summed E-state index contributed by atoms with van der Waals surface area (Å²) in [6.07, 6.45) is 5.93. The Bertz CT molecular complexity index is 1220. The van der Waals surface area contributed by atoms with Gasteiger partial charge in [0.15, 0.2) is 9.84 Å². The molecule has 0 amide bonds. The van der Waals surface area contributed by atoms with Crippen molar-refractivity contribution in [2.45, 2.75) is 56.6 Å². The number of nitrogen functional groups attached to an aromatic ring is 1. The Balaban J connectivity index is 1.70. The Morgan fingerprint density at radius 3 is 2.65 bits per heavy atom. The van der Waals surface area contributed by atoms with Crippen LogP contribution >= 0.6 is 0 Å². The summed E-state index contributed by atoms with van der Waals surface area (Å²) in [6.45, 7) is 5.13. The normalized spacial score (nSPS) is 14.7. The van der Waals surface area contributed by atoms with E-state index in [0.717, 1.165) is 29.5 Å². The fraction of sp³-hybridized carbons (Fsp3) is 0.391. The van der Waals surface area contributed by atoms with Crippen molar-refractivity contribution in [1.82, 2.24) is 4.98 Å². The number of hydrogen-bond donors (Lipinski definition) is 2. The van der Waals surface area contributed by atoms with E-state index in [1.54, 1.807) is 38.2 Å². The summed E-state index contributed by atoms with van der Waals surface area (Å²) in [6, 6.07) is 9.23. The molecule has 164 valence electrons. The van der Waals surface area contributed by atoms with E-state index in [1.165, 1.54) is 0 Å². The summed E-state index contributed by atoms with van der Waals surface area (Å²) in [5.74, 6) is 0.857. The van der Waals surface area contributed by atoms with Crippen LogP contribution in [0.1, 0.15) is 44.7 Å². The number of anilines is 1. The first-order chi connectivity index (χ1) is 14.5. The minimum absolute atomic E-state index is 0.127. The highest BCUT2D eigenvalue weighted by molar-refractivity contribution is 7.91. The summed E-state index contributed by atoms with van der Waals surface area (Å²) in [7, 11) is -3.54. The summed E-state index contributed by atoms with van der Waals surface area (Å²) >= 11 is 0. The average Bonchev–Trinajstić information content (AvgIpc) is 3.44. The Morgan fingerprint density at radius 2 is 1.97 bits per heavy atom. The molecule has 7 nitrogen and oxygen atoms in total. The third-order valence-electron chi connectivity index (χ3n) is 5.53. The number of hydrogen-bond acceptors (Lipinski definition) is 6. The van der Waals surface area contributed by atoms with Crippen LogP contribution in [0.4, 0.5) is 5.82 Å². The Labute approximate surface area is 182 Å². The molecule has 3 N–H and O–H groups in total. The van der Waals surface area contributed by atoms with Crippen LogP contribution in [0.15, 0.2) is 52.1 Å². The fourth-order valence-corrected chi connectivity index (χ4v) is 4.98. The van der Waals surface area contributed by atoms with Gasteiger partial charge in [-0.15, -0.1) is 0 Å². The topological polar surface area (TPSA) is 110 Å². The van der Waals surface area contributed by atoms with Gasteiger partial charge in [0, 0.05) is 24.6 Å². The first kappa shape index (κ1) is 21.5. The molecular formula is C23H28N3O4S+. The molecular weight excluding hydrogens is 414 g/mol. The van der Waals surface area contributed by atoms with E-state index < -0.39 is 15.4 Å². The lowest BCUT2D eigenvalue weighted by Crippen LogP contribution is -2.27. The molecule has 0 unspecified atom stereocenters. The first-order valence-corrected chi connectivity index (χ1v) is 12.0. The molecule has 31 heavy (non-hydrogen) atoms. The van der Waals surface area contributed by atoms with E-state index in [9.17, 15) is 13.5 Å². The second-order valence-electron chi connectivity index (χ2n) is 8.88. The molecule has 0 aliphatic heterocycles. The van der Waals surface area contributed by atoms with Crippen molar-refractivity contribution in [2.75, 3.05) is 11.5 Å². The van der Waals surface area contributed by atoms with Crippen LogP contribution in [0.5, 0.6) is 0 Å². The molecule has 2 aromatic heterocycles. The number of nitrogens with two attached hydrogens (primary N) is 1. The van der Waals surface area contributed by atoms with Crippen LogP contribution in [0.25, 0.3) is 22.5 Å². The van der Waals surface area contributed by atoms with Gasteiger partial charge in [-0.2, -0.15) is 0 Å². The molecule has 0 radical (unpaired) electrons. The summed E-state index contributed by atoms with van der Waals surface area (Å²) in [5, 5.41) is 9.91. The molecule has 1 fully saturated rings. The van der Waals surface area contributed by atoms with Crippen molar-refractivity contribution in [3.63, 3.8) is 0 Å². The molecule has 1 saturated carbocycles. The Hall–Kier alpha value is -2.71. The number of aryl methyl sites for hydroxylation is 1. The van der Waals surface area contributed by atoms with Gasteiger partial charge in [-0.25, -0.2) is 17.9 Å². The molecule has 2 heterocycles. The number of sulfone groups is 1. The standard InChI is InChI=1S/C23H27N3O4S/c1-15-4-7-18(31(28,29)11-9-23(2,3)27)13-19(15)16-12-20(22(24)25-14-16)21-8-10-26(30-21)17-5-6-17/h4,7-8,10,12-14,17,24,27H,5-6,9,11H2,1-3H3/p+1. The number of pyridine rings is 1. The number of rotatable bonds is 7. The van der Waals surface area contributed by atoms with Gasteiger partial charge >= 0.3 is 0 Å². The van der Waals surface area contributed by atoms with E-state index in [2.05, 4.69) is 4.98 Å². The maximum Gasteiger partial charge on any atom is 0.220 e. The van der Waals surface area contributed by atoms with Gasteiger partial charge in [-0.05, 0) is 61.3 Å². The molecule has 4 rings (SSSR count). The van der Waals surface area contributed by atoms with Gasteiger partial charge in [-0.1, -0.05) is 6.07 Å². The highest BCUT2D eigenvalue weighted by Gasteiger charge is 2.35. The molecule has 3 aromatic rings. The van der Waals surface area contributed by atoms with Gasteiger partial charge in [0.05, 0.1) is 27.9 Å². The smallest absolute Gasteiger partial charge is 0.220 e. The minimum Gasteiger partial charge on any atom is -0.390 e. The SMILES string of the molecule is Cc1ccc(S(=O)(=O)CCC(C)(C)O)cc1-c1cnc(N)c(-c2cc[n+](C3CC3)o2)c1. The van der Waals surface area contributed by atoms with Crippen molar-refractivity contribution in [3.8, 4) is 22.5 Å². The van der Waals surface area contributed by atoms with Crippen molar-refractivity contribution < 1.29 is 22.8 Å². The van der Waals surface area contributed by atoms with Crippen molar-refractivity contribution in [3.05, 3.63) is 48.3 Å². The van der Waals surface area contributed by atoms with Crippen LogP contribution in [0.3, 0.4) is 0 Å². The van der Waals surface area contributed by atoms with Gasteiger partial charge in [0.1, 0.15) is 5.82 Å². The maximum atomic E-state index is 12.8. The van der Waals surface area contributed by atoms with Crippen molar-refractivity contribution in [1.29, 1.82) is 0 Å². The van der Waals surface area contributed by atoms with Crippen molar-refractivity contribution >= 4 is 15.7 Å². The van der Waals surface area contributed by atoms with Crippen LogP contribution in [0, 0.1) is 6.92 Å². The van der Waals surface area contributed by atoms with Crippen molar-refractivity contribution in [2.24, 2.45) is 0 Å². The first-order valence-electron chi connectivity index (χ1n) is 10.4. The molecule has 1 aromatic carbocycles. The number of aliphatic hydroxyl groups is 1. The van der Waals surface area contributed by atoms with Gasteiger partial charge < -0.3 is 10.8 Å². The minimum atomic E-state index is -3.54. The number of benzene rings is 1. The highest BCUT2D eigenvalue weighted by Crippen LogP contribution is 2.34. The fourth-order valence-electron chi connectivity index (χ4n) is 3.41. The van der Waals surface area contributed by atoms with Gasteiger partial charge in [0.2, 0.25) is 18.0 Å². The van der Waals surface area contributed by atoms with E-state index >= 15 is 0 Å². The summed E-state index contributed by atoms with van der Waals surface area (Å²) in [4.78, 5) is 4.55. The molecule has 0 bridgehead atoms. The predicted octanol–water partition coefficient (Wildman–Crippen LogP) is 3.46. The van der Waals surface area contributed by atoms with Crippen LogP contribution < -0.4 is 10.5 Å². The average molecular weight is 443 g/mol. The summed E-state index contributed by atoms with van der Waals surface area (Å²) < 4.78 is 33.4.